The Hall–Kier alpha value is -3.08. The molecule has 5 nitrogen and oxygen atoms in total. The molecule has 0 spiro atoms. The van der Waals surface area contributed by atoms with Crippen LogP contribution in [-0.2, 0) is 17.6 Å². The second kappa shape index (κ2) is 9.03. The van der Waals surface area contributed by atoms with Gasteiger partial charge in [0, 0.05) is 17.3 Å². The summed E-state index contributed by atoms with van der Waals surface area (Å²) in [5.74, 6) is 1.28. The summed E-state index contributed by atoms with van der Waals surface area (Å²) >= 11 is 0. The van der Waals surface area contributed by atoms with Crippen molar-refractivity contribution >= 4 is 11.6 Å². The second-order valence-electron chi connectivity index (χ2n) is 6.44. The van der Waals surface area contributed by atoms with Gasteiger partial charge in [-0.3, -0.25) is 4.79 Å². The van der Waals surface area contributed by atoms with Crippen molar-refractivity contribution in [2.45, 2.75) is 32.6 Å². The molecule has 0 aliphatic rings. The Labute approximate surface area is 159 Å². The maximum absolute atomic E-state index is 12.3. The molecule has 27 heavy (non-hydrogen) atoms. The summed E-state index contributed by atoms with van der Waals surface area (Å²) < 4.78 is 10.5. The Bertz CT molecular complexity index is 867. The van der Waals surface area contributed by atoms with Crippen LogP contribution >= 0.6 is 0 Å². The Kier molecular flexibility index (Phi) is 6.26. The average molecular weight is 364 g/mol. The van der Waals surface area contributed by atoms with Crippen molar-refractivity contribution in [2.24, 2.45) is 0 Å². The molecule has 3 rings (SSSR count). The lowest BCUT2D eigenvalue weighted by Crippen LogP contribution is -2.14. The fourth-order valence-corrected chi connectivity index (χ4v) is 2.79. The number of ether oxygens (including phenoxy) is 1. The predicted molar refractivity (Wildman–Crippen MR) is 106 cm³/mol. The molecule has 0 atom stereocenters. The fourth-order valence-electron chi connectivity index (χ4n) is 2.79. The van der Waals surface area contributed by atoms with Gasteiger partial charge in [0.25, 0.3) is 0 Å². The van der Waals surface area contributed by atoms with Crippen LogP contribution in [-0.4, -0.2) is 18.2 Å². The number of methoxy groups -OCH3 is 1. The van der Waals surface area contributed by atoms with Gasteiger partial charge in [-0.25, -0.2) is 0 Å². The third kappa shape index (κ3) is 5.20. The number of unbranched alkanes of at least 4 members (excludes halogenated alkanes) is 1. The van der Waals surface area contributed by atoms with Gasteiger partial charge in [-0.1, -0.05) is 30.6 Å². The Morgan fingerprint density at radius 3 is 2.52 bits per heavy atom. The number of benzene rings is 2. The number of rotatable bonds is 8. The molecule has 1 aromatic heterocycles. The molecule has 0 aliphatic heterocycles. The van der Waals surface area contributed by atoms with E-state index >= 15 is 0 Å². The van der Waals surface area contributed by atoms with Crippen LogP contribution in [0.2, 0.25) is 0 Å². The number of anilines is 1. The molecule has 0 aliphatic carbocycles. The molecule has 1 amide bonds. The first-order valence-corrected chi connectivity index (χ1v) is 9.16. The van der Waals surface area contributed by atoms with Gasteiger partial charge in [-0.05, 0) is 54.8 Å². The largest absolute Gasteiger partial charge is 0.497 e. The van der Waals surface area contributed by atoms with Crippen LogP contribution in [0.4, 0.5) is 5.69 Å². The van der Waals surface area contributed by atoms with Gasteiger partial charge in [0.2, 0.25) is 5.91 Å². The van der Waals surface area contributed by atoms with E-state index in [1.54, 1.807) is 13.2 Å². The highest BCUT2D eigenvalue weighted by Gasteiger charge is 2.11. The van der Waals surface area contributed by atoms with E-state index in [2.05, 4.69) is 29.5 Å². The van der Waals surface area contributed by atoms with Crippen molar-refractivity contribution in [1.29, 1.82) is 0 Å². The van der Waals surface area contributed by atoms with E-state index in [0.717, 1.165) is 23.4 Å². The lowest BCUT2D eigenvalue weighted by atomic mass is 10.1. The minimum Gasteiger partial charge on any atom is -0.497 e. The van der Waals surface area contributed by atoms with Crippen LogP contribution in [0.1, 0.15) is 31.0 Å². The number of amides is 1. The molecule has 0 saturated heterocycles. The molecule has 0 unspecified atom stereocenters. The average Bonchev–Trinajstić information content (AvgIpc) is 3.16. The van der Waals surface area contributed by atoms with Gasteiger partial charge in [0.1, 0.15) is 5.75 Å². The zero-order chi connectivity index (χ0) is 19.1. The van der Waals surface area contributed by atoms with Crippen LogP contribution < -0.4 is 10.1 Å². The SMILES string of the molecule is CCCCc1ccc(NC(=O)Cc2cc(-c3ccc(OC)cc3)on2)cc1. The smallest absolute Gasteiger partial charge is 0.230 e. The molecular weight excluding hydrogens is 340 g/mol. The summed E-state index contributed by atoms with van der Waals surface area (Å²) in [7, 11) is 1.62. The van der Waals surface area contributed by atoms with Crippen molar-refractivity contribution in [3.8, 4) is 17.1 Å². The zero-order valence-corrected chi connectivity index (χ0v) is 15.7. The molecular formula is C22H24N2O3. The highest BCUT2D eigenvalue weighted by molar-refractivity contribution is 5.92. The summed E-state index contributed by atoms with van der Waals surface area (Å²) in [4.78, 5) is 12.3. The summed E-state index contributed by atoms with van der Waals surface area (Å²) in [5, 5.41) is 6.90. The summed E-state index contributed by atoms with van der Waals surface area (Å²) in [6.45, 7) is 2.18. The highest BCUT2D eigenvalue weighted by Crippen LogP contribution is 2.23. The summed E-state index contributed by atoms with van der Waals surface area (Å²) in [6.07, 6.45) is 3.58. The minimum absolute atomic E-state index is 0.120. The summed E-state index contributed by atoms with van der Waals surface area (Å²) in [5.41, 5.74) is 3.56. The maximum Gasteiger partial charge on any atom is 0.230 e. The second-order valence-corrected chi connectivity index (χ2v) is 6.44. The number of hydrogen-bond acceptors (Lipinski definition) is 4. The lowest BCUT2D eigenvalue weighted by molar-refractivity contribution is -0.115. The standard InChI is InChI=1S/C22H24N2O3/c1-3-4-5-16-6-10-18(11-7-16)23-22(25)15-19-14-21(27-24-19)17-8-12-20(26-2)13-9-17/h6-14H,3-5,15H2,1-2H3,(H,23,25). The number of nitrogens with zero attached hydrogens (tertiary/aromatic N) is 1. The summed E-state index contributed by atoms with van der Waals surface area (Å²) in [6, 6.07) is 17.3. The molecule has 2 aromatic carbocycles. The van der Waals surface area contributed by atoms with Gasteiger partial charge in [0.05, 0.1) is 19.2 Å². The van der Waals surface area contributed by atoms with Crippen molar-refractivity contribution < 1.29 is 14.1 Å². The lowest BCUT2D eigenvalue weighted by Gasteiger charge is -2.05. The molecule has 0 radical (unpaired) electrons. The first kappa shape index (κ1) is 18.7. The van der Waals surface area contributed by atoms with Gasteiger partial charge in [0.15, 0.2) is 5.76 Å². The Morgan fingerprint density at radius 2 is 1.85 bits per heavy atom. The Morgan fingerprint density at radius 1 is 1.11 bits per heavy atom. The third-order valence-corrected chi connectivity index (χ3v) is 4.33. The molecule has 3 aromatic rings. The number of carbonyl (C=O) groups excluding carboxylic acids is 1. The zero-order valence-electron chi connectivity index (χ0n) is 15.7. The van der Waals surface area contributed by atoms with Crippen molar-refractivity contribution in [1.82, 2.24) is 5.16 Å². The van der Waals surface area contributed by atoms with E-state index in [-0.39, 0.29) is 12.3 Å². The van der Waals surface area contributed by atoms with Gasteiger partial charge >= 0.3 is 0 Å². The van der Waals surface area contributed by atoms with Gasteiger partial charge in [-0.15, -0.1) is 0 Å². The minimum atomic E-state index is -0.120. The van der Waals surface area contributed by atoms with Crippen LogP contribution in [0.25, 0.3) is 11.3 Å². The van der Waals surface area contributed by atoms with Crippen molar-refractivity contribution in [3.63, 3.8) is 0 Å². The maximum atomic E-state index is 12.3. The highest BCUT2D eigenvalue weighted by atomic mass is 16.5. The quantitative estimate of drug-likeness (QED) is 0.619. The first-order valence-electron chi connectivity index (χ1n) is 9.16. The number of hydrogen-bond donors (Lipinski definition) is 1. The van der Waals surface area contributed by atoms with E-state index in [1.165, 1.54) is 18.4 Å². The number of aromatic nitrogens is 1. The van der Waals surface area contributed by atoms with Gasteiger partial charge in [-0.2, -0.15) is 0 Å². The Balaban J connectivity index is 1.57. The molecule has 5 heteroatoms. The molecule has 140 valence electrons. The van der Waals surface area contributed by atoms with E-state index in [0.29, 0.717) is 11.5 Å². The van der Waals surface area contributed by atoms with Crippen LogP contribution in [0.15, 0.2) is 59.1 Å². The molecule has 0 fully saturated rings. The fraction of sp³-hybridized carbons (Fsp3) is 0.273. The third-order valence-electron chi connectivity index (χ3n) is 4.33. The van der Waals surface area contributed by atoms with Crippen molar-refractivity contribution in [2.75, 3.05) is 12.4 Å². The van der Waals surface area contributed by atoms with E-state index in [1.807, 2.05) is 36.4 Å². The molecule has 1 heterocycles. The number of carbonyl (C=O) groups is 1. The number of aryl methyl sites for hydroxylation is 1. The van der Waals surface area contributed by atoms with E-state index < -0.39 is 0 Å². The molecule has 1 N–H and O–H groups in total. The monoisotopic (exact) mass is 364 g/mol. The topological polar surface area (TPSA) is 64.4 Å². The molecule has 0 saturated carbocycles. The first-order chi connectivity index (χ1) is 13.2. The predicted octanol–water partition coefficient (Wildman–Crippen LogP) is 4.87. The van der Waals surface area contributed by atoms with Crippen molar-refractivity contribution in [3.05, 3.63) is 65.9 Å². The number of nitrogens with one attached hydrogen (secondary N) is 1. The van der Waals surface area contributed by atoms with Crippen LogP contribution in [0.3, 0.4) is 0 Å². The normalized spacial score (nSPS) is 10.6. The van der Waals surface area contributed by atoms with E-state index in [9.17, 15) is 4.79 Å². The van der Waals surface area contributed by atoms with Gasteiger partial charge < -0.3 is 14.6 Å². The van der Waals surface area contributed by atoms with Crippen LogP contribution in [0.5, 0.6) is 5.75 Å². The molecule has 0 bridgehead atoms. The van der Waals surface area contributed by atoms with E-state index in [4.69, 9.17) is 9.26 Å². The van der Waals surface area contributed by atoms with Crippen LogP contribution in [0, 0.1) is 0 Å².